The van der Waals surface area contributed by atoms with Crippen molar-refractivity contribution in [3.05, 3.63) is 53.1 Å². The van der Waals surface area contributed by atoms with Crippen LogP contribution in [0.1, 0.15) is 27.9 Å². The molecule has 0 aromatic heterocycles. The summed E-state index contributed by atoms with van der Waals surface area (Å²) < 4.78 is 11.1. The maximum atomic E-state index is 12.5. The fourth-order valence-corrected chi connectivity index (χ4v) is 3.69. The summed E-state index contributed by atoms with van der Waals surface area (Å²) in [4.78, 5) is 38.9. The van der Waals surface area contributed by atoms with Crippen molar-refractivity contribution in [1.82, 2.24) is 10.9 Å². The van der Waals surface area contributed by atoms with Crippen LogP contribution in [0, 0.1) is 19.8 Å². The maximum absolute atomic E-state index is 12.5. The molecule has 4 rings (SSSR count). The Labute approximate surface area is 174 Å². The van der Waals surface area contributed by atoms with E-state index >= 15 is 0 Å². The van der Waals surface area contributed by atoms with Crippen molar-refractivity contribution < 1.29 is 23.9 Å². The van der Waals surface area contributed by atoms with Gasteiger partial charge in [0.1, 0.15) is 13.2 Å². The van der Waals surface area contributed by atoms with E-state index in [0.29, 0.717) is 36.0 Å². The van der Waals surface area contributed by atoms with Gasteiger partial charge in [-0.1, -0.05) is 17.7 Å². The Kier molecular flexibility index (Phi) is 5.31. The summed E-state index contributed by atoms with van der Waals surface area (Å²) in [5.41, 5.74) is 7.90. The van der Waals surface area contributed by atoms with E-state index in [9.17, 15) is 14.4 Å². The predicted octanol–water partition coefficient (Wildman–Crippen LogP) is 1.89. The van der Waals surface area contributed by atoms with E-state index in [4.69, 9.17) is 9.47 Å². The van der Waals surface area contributed by atoms with Crippen molar-refractivity contribution in [3.8, 4) is 11.5 Å². The quantitative estimate of drug-likeness (QED) is 0.755. The van der Waals surface area contributed by atoms with Gasteiger partial charge in [-0.25, -0.2) is 0 Å². The maximum Gasteiger partial charge on any atom is 0.269 e. The number of aryl methyl sites for hydroxylation is 2. The van der Waals surface area contributed by atoms with E-state index in [1.165, 1.54) is 0 Å². The van der Waals surface area contributed by atoms with Gasteiger partial charge in [0.2, 0.25) is 11.8 Å². The van der Waals surface area contributed by atoms with Crippen LogP contribution in [0.3, 0.4) is 0 Å². The molecule has 0 bridgehead atoms. The lowest BCUT2D eigenvalue weighted by Crippen LogP contribution is -2.45. The van der Waals surface area contributed by atoms with Crippen LogP contribution in [0.5, 0.6) is 11.5 Å². The summed E-state index contributed by atoms with van der Waals surface area (Å²) >= 11 is 0. The molecule has 156 valence electrons. The molecule has 0 radical (unpaired) electrons. The number of benzene rings is 2. The Balaban J connectivity index is 1.38. The molecule has 2 heterocycles. The number of ether oxygens (including phenoxy) is 2. The molecular formula is C22H23N3O5. The minimum atomic E-state index is -0.565. The normalized spacial score (nSPS) is 17.6. The minimum absolute atomic E-state index is 0.0692. The van der Waals surface area contributed by atoms with Gasteiger partial charge in [0.15, 0.2) is 11.5 Å². The van der Waals surface area contributed by atoms with Gasteiger partial charge in [-0.05, 0) is 37.6 Å². The average Bonchev–Trinajstić information content (AvgIpc) is 3.13. The third-order valence-corrected chi connectivity index (χ3v) is 5.26. The highest BCUT2D eigenvalue weighted by atomic mass is 16.6. The molecule has 1 unspecified atom stereocenters. The predicted molar refractivity (Wildman–Crippen MR) is 109 cm³/mol. The fraction of sp³-hybridized carbons (Fsp3) is 0.318. The van der Waals surface area contributed by atoms with E-state index in [0.717, 1.165) is 11.1 Å². The highest BCUT2D eigenvalue weighted by Crippen LogP contribution is 2.35. The minimum Gasteiger partial charge on any atom is -0.486 e. The molecule has 30 heavy (non-hydrogen) atoms. The third-order valence-electron chi connectivity index (χ3n) is 5.26. The second-order valence-corrected chi connectivity index (χ2v) is 7.50. The summed E-state index contributed by atoms with van der Waals surface area (Å²) in [5, 5.41) is 0. The molecule has 2 aliphatic rings. The van der Waals surface area contributed by atoms with Crippen molar-refractivity contribution in [1.29, 1.82) is 0 Å². The largest absolute Gasteiger partial charge is 0.486 e. The van der Waals surface area contributed by atoms with Gasteiger partial charge in [-0.3, -0.25) is 25.2 Å². The second-order valence-electron chi connectivity index (χ2n) is 7.50. The van der Waals surface area contributed by atoms with Gasteiger partial charge in [0.05, 0.1) is 5.92 Å². The topological polar surface area (TPSA) is 97.0 Å². The van der Waals surface area contributed by atoms with Crippen molar-refractivity contribution in [2.24, 2.45) is 5.92 Å². The monoisotopic (exact) mass is 409 g/mol. The van der Waals surface area contributed by atoms with E-state index in [1.807, 2.05) is 26.0 Å². The molecule has 1 saturated heterocycles. The van der Waals surface area contributed by atoms with Crippen molar-refractivity contribution in [2.45, 2.75) is 20.3 Å². The average molecular weight is 409 g/mol. The number of hydrogen-bond donors (Lipinski definition) is 2. The number of rotatable bonds is 3. The van der Waals surface area contributed by atoms with Crippen LogP contribution >= 0.6 is 0 Å². The molecule has 2 aliphatic heterocycles. The fourth-order valence-electron chi connectivity index (χ4n) is 3.69. The molecule has 2 N–H and O–H groups in total. The van der Waals surface area contributed by atoms with E-state index in [2.05, 4.69) is 10.9 Å². The van der Waals surface area contributed by atoms with E-state index in [1.54, 1.807) is 29.2 Å². The molecule has 1 fully saturated rings. The van der Waals surface area contributed by atoms with Crippen LogP contribution in [0.15, 0.2) is 36.4 Å². The highest BCUT2D eigenvalue weighted by Gasteiger charge is 2.35. The standard InChI is InChI=1S/C22H23N3O5/c1-13-3-5-17(14(2)9-13)22(28)24-23-21(27)15-10-20(26)25(12-15)16-4-6-18-19(11-16)30-8-7-29-18/h3-6,9,11,15H,7-8,10,12H2,1-2H3,(H,23,27)(H,24,28). The van der Waals surface area contributed by atoms with E-state index in [-0.39, 0.29) is 18.9 Å². The number of carbonyl (C=O) groups is 3. The smallest absolute Gasteiger partial charge is 0.269 e. The lowest BCUT2D eigenvalue weighted by atomic mass is 10.1. The molecule has 0 saturated carbocycles. The molecule has 1 atom stereocenters. The number of fused-ring (bicyclic) bond motifs is 1. The summed E-state index contributed by atoms with van der Waals surface area (Å²) in [7, 11) is 0. The first-order valence-corrected chi connectivity index (χ1v) is 9.80. The Morgan fingerprint density at radius 2 is 1.77 bits per heavy atom. The summed E-state index contributed by atoms with van der Waals surface area (Å²) in [6.45, 7) is 4.95. The molecule has 8 heteroatoms. The third kappa shape index (κ3) is 3.94. The number of nitrogens with one attached hydrogen (secondary N) is 2. The number of amides is 3. The number of hydrogen-bond acceptors (Lipinski definition) is 5. The van der Waals surface area contributed by atoms with Crippen molar-refractivity contribution in [3.63, 3.8) is 0 Å². The van der Waals surface area contributed by atoms with Crippen molar-refractivity contribution >= 4 is 23.4 Å². The van der Waals surface area contributed by atoms with E-state index < -0.39 is 17.7 Å². The van der Waals surface area contributed by atoms with Gasteiger partial charge in [-0.15, -0.1) is 0 Å². The van der Waals surface area contributed by atoms with Crippen LogP contribution < -0.4 is 25.2 Å². The Morgan fingerprint density at radius 3 is 2.53 bits per heavy atom. The highest BCUT2D eigenvalue weighted by molar-refractivity contribution is 6.01. The summed E-state index contributed by atoms with van der Waals surface area (Å²) in [6.07, 6.45) is 0.0692. The summed E-state index contributed by atoms with van der Waals surface area (Å²) in [5.74, 6) is -0.298. The number of carbonyl (C=O) groups excluding carboxylic acids is 3. The van der Waals surface area contributed by atoms with Gasteiger partial charge >= 0.3 is 0 Å². The molecule has 0 aliphatic carbocycles. The van der Waals surface area contributed by atoms with Crippen LogP contribution in [-0.2, 0) is 9.59 Å². The van der Waals surface area contributed by atoms with Gasteiger partial charge in [0.25, 0.3) is 5.91 Å². The lowest BCUT2D eigenvalue weighted by molar-refractivity contribution is -0.126. The molecule has 0 spiro atoms. The first-order valence-electron chi connectivity index (χ1n) is 9.80. The van der Waals surface area contributed by atoms with Gasteiger partial charge in [-0.2, -0.15) is 0 Å². The zero-order valence-corrected chi connectivity index (χ0v) is 16.9. The molecule has 2 aromatic carbocycles. The molecule has 2 aromatic rings. The van der Waals surface area contributed by atoms with Gasteiger partial charge in [0, 0.05) is 30.3 Å². The Bertz CT molecular complexity index is 1020. The number of hydrazine groups is 1. The zero-order chi connectivity index (χ0) is 21.3. The molecular weight excluding hydrogens is 386 g/mol. The number of anilines is 1. The van der Waals surface area contributed by atoms with Crippen LogP contribution in [0.4, 0.5) is 5.69 Å². The van der Waals surface area contributed by atoms with Crippen LogP contribution in [0.2, 0.25) is 0 Å². The SMILES string of the molecule is Cc1ccc(C(=O)NNC(=O)C2CC(=O)N(c3ccc4c(c3)OCCO4)C2)c(C)c1. The Hall–Kier alpha value is -3.55. The lowest BCUT2D eigenvalue weighted by Gasteiger charge is -2.22. The van der Waals surface area contributed by atoms with Crippen molar-refractivity contribution in [2.75, 3.05) is 24.7 Å². The first-order chi connectivity index (χ1) is 14.4. The first kappa shape index (κ1) is 19.8. The molecule has 8 nitrogen and oxygen atoms in total. The number of nitrogens with zero attached hydrogens (tertiary/aromatic N) is 1. The molecule has 3 amide bonds. The zero-order valence-electron chi connectivity index (χ0n) is 16.9. The van der Waals surface area contributed by atoms with Crippen LogP contribution in [-0.4, -0.2) is 37.5 Å². The van der Waals surface area contributed by atoms with Crippen LogP contribution in [0.25, 0.3) is 0 Å². The summed E-state index contributed by atoms with van der Waals surface area (Å²) in [6, 6.07) is 10.7. The Morgan fingerprint density at radius 1 is 1.00 bits per heavy atom. The van der Waals surface area contributed by atoms with Gasteiger partial charge < -0.3 is 14.4 Å². The second kappa shape index (κ2) is 8.06.